The number of hydrogen-bond donors (Lipinski definition) is 4. The maximum Gasteiger partial charge on any atom is 0.164 e. The van der Waals surface area contributed by atoms with Crippen molar-refractivity contribution in [2.24, 2.45) is 0 Å². The Kier molecular flexibility index (Phi) is 6.19. The smallest absolute Gasteiger partial charge is 0.164 e. The summed E-state index contributed by atoms with van der Waals surface area (Å²) < 4.78 is 12.8. The summed E-state index contributed by atoms with van der Waals surface area (Å²) in [6.45, 7) is -0.567. The molecule has 35 heavy (non-hydrogen) atoms. The zero-order chi connectivity index (χ0) is 24.9. The molecular formula is C26H24N2O6S. The highest BCUT2D eigenvalue weighted by Crippen LogP contribution is 2.46. The van der Waals surface area contributed by atoms with Gasteiger partial charge in [0.05, 0.1) is 25.0 Å². The molecule has 5 rings (SSSR count). The highest BCUT2D eigenvalue weighted by molar-refractivity contribution is 7.71. The molecule has 3 aromatic rings. The van der Waals surface area contributed by atoms with E-state index in [1.165, 1.54) is 0 Å². The zero-order valence-electron chi connectivity index (χ0n) is 18.8. The number of pyridine rings is 1. The number of rotatable bonds is 4. The highest BCUT2D eigenvalue weighted by atomic mass is 32.1. The average molecular weight is 493 g/mol. The van der Waals surface area contributed by atoms with Crippen molar-refractivity contribution in [3.63, 3.8) is 0 Å². The van der Waals surface area contributed by atoms with Crippen LogP contribution in [0, 0.1) is 16.0 Å². The lowest BCUT2D eigenvalue weighted by Crippen LogP contribution is -2.56. The highest BCUT2D eigenvalue weighted by Gasteiger charge is 2.46. The van der Waals surface area contributed by atoms with Crippen LogP contribution in [0.25, 0.3) is 22.4 Å². The van der Waals surface area contributed by atoms with Crippen LogP contribution in [-0.4, -0.2) is 63.1 Å². The van der Waals surface area contributed by atoms with Gasteiger partial charge >= 0.3 is 0 Å². The summed E-state index contributed by atoms with van der Waals surface area (Å²) in [5, 5.41) is 51.6. The van der Waals surface area contributed by atoms with Gasteiger partial charge in [-0.15, -0.1) is 0 Å². The lowest BCUT2D eigenvalue weighted by atomic mass is 9.93. The number of benzene rings is 2. The minimum absolute atomic E-state index is 0.123. The molecular weight excluding hydrogens is 468 g/mol. The van der Waals surface area contributed by atoms with Crippen LogP contribution in [-0.2, 0) is 11.2 Å². The van der Waals surface area contributed by atoms with E-state index in [0.29, 0.717) is 23.4 Å². The van der Waals surface area contributed by atoms with E-state index in [0.717, 1.165) is 22.3 Å². The quantitative estimate of drug-likeness (QED) is 0.320. The number of aromatic nitrogens is 1. The summed E-state index contributed by atoms with van der Waals surface area (Å²) in [7, 11) is 1.58. The molecule has 1 fully saturated rings. The third-order valence-electron chi connectivity index (χ3n) is 6.76. The lowest BCUT2D eigenvalue weighted by molar-refractivity contribution is -0.251. The maximum absolute atomic E-state index is 10.9. The molecule has 8 nitrogen and oxygen atoms in total. The van der Waals surface area contributed by atoms with E-state index in [1.54, 1.807) is 11.7 Å². The lowest BCUT2D eigenvalue weighted by Gasteiger charge is -2.41. The number of nitriles is 1. The van der Waals surface area contributed by atoms with Gasteiger partial charge in [0.25, 0.3) is 0 Å². The number of fused-ring (bicyclic) bond motifs is 3. The predicted octanol–water partition coefficient (Wildman–Crippen LogP) is 2.31. The molecule has 0 saturated carbocycles. The second-order valence-electron chi connectivity index (χ2n) is 8.65. The molecule has 0 bridgehead atoms. The van der Waals surface area contributed by atoms with Gasteiger partial charge in [0.1, 0.15) is 40.9 Å². The van der Waals surface area contributed by atoms with Gasteiger partial charge in [-0.2, -0.15) is 5.26 Å². The van der Waals surface area contributed by atoms with Crippen molar-refractivity contribution in [3.8, 4) is 34.2 Å². The first-order valence-electron chi connectivity index (χ1n) is 11.2. The number of methoxy groups -OCH3 is 1. The Morgan fingerprint density at radius 1 is 1.09 bits per heavy atom. The Balaban J connectivity index is 1.81. The molecule has 4 N–H and O–H groups in total. The van der Waals surface area contributed by atoms with E-state index in [1.807, 2.05) is 48.5 Å². The van der Waals surface area contributed by atoms with E-state index in [-0.39, 0.29) is 10.2 Å². The Hall–Kier alpha value is -3.10. The molecule has 0 unspecified atom stereocenters. The van der Waals surface area contributed by atoms with E-state index >= 15 is 0 Å². The van der Waals surface area contributed by atoms with Crippen molar-refractivity contribution in [1.82, 2.24) is 4.57 Å². The second-order valence-corrected chi connectivity index (χ2v) is 9.03. The normalized spacial score (nSPS) is 25.0. The predicted molar refractivity (Wildman–Crippen MR) is 129 cm³/mol. The Morgan fingerprint density at radius 3 is 2.46 bits per heavy atom. The van der Waals surface area contributed by atoms with Gasteiger partial charge in [0, 0.05) is 17.5 Å². The van der Waals surface area contributed by atoms with Crippen LogP contribution in [0.15, 0.2) is 48.5 Å². The molecule has 0 spiro atoms. The van der Waals surface area contributed by atoms with Crippen molar-refractivity contribution in [2.75, 3.05) is 13.7 Å². The molecule has 2 aliphatic rings. The van der Waals surface area contributed by atoms with Gasteiger partial charge in [0.15, 0.2) is 6.23 Å². The van der Waals surface area contributed by atoms with Gasteiger partial charge in [0.2, 0.25) is 0 Å². The van der Waals surface area contributed by atoms with E-state index in [2.05, 4.69) is 6.07 Å². The first kappa shape index (κ1) is 23.6. The van der Waals surface area contributed by atoms with Crippen LogP contribution in [0.4, 0.5) is 0 Å². The number of nitrogens with zero attached hydrogens (tertiary/aromatic N) is 2. The van der Waals surface area contributed by atoms with Crippen molar-refractivity contribution < 1.29 is 29.9 Å². The van der Waals surface area contributed by atoms with Gasteiger partial charge in [-0.3, -0.25) is 0 Å². The molecule has 5 atom stereocenters. The summed E-state index contributed by atoms with van der Waals surface area (Å²) >= 11 is 5.79. The molecule has 1 aliphatic heterocycles. The third-order valence-corrected chi connectivity index (χ3v) is 7.16. The van der Waals surface area contributed by atoms with Crippen molar-refractivity contribution in [2.45, 2.75) is 37.1 Å². The minimum Gasteiger partial charge on any atom is -0.497 e. The number of aliphatic hydroxyl groups is 4. The molecule has 1 saturated heterocycles. The molecule has 0 radical (unpaired) electrons. The van der Waals surface area contributed by atoms with Crippen LogP contribution in [0.3, 0.4) is 0 Å². The standard InChI is InChI=1S/C26H24N2O6S/c1-33-15-8-6-13(7-9-15)20-17-10-14-4-2-3-5-16(14)21(17)28(26(35)18(20)11-27)25-24(32)23(31)22(30)19(12-29)34-25/h2-9,19,22-25,29-32H,10,12H2,1H3/t19-,22+,23+,24-,25-/m1/s1. The van der Waals surface area contributed by atoms with Crippen LogP contribution >= 0.6 is 12.2 Å². The first-order valence-corrected chi connectivity index (χ1v) is 11.6. The maximum atomic E-state index is 10.9. The monoisotopic (exact) mass is 492 g/mol. The van der Waals surface area contributed by atoms with E-state index in [9.17, 15) is 25.7 Å². The summed E-state index contributed by atoms with van der Waals surface area (Å²) in [6, 6.07) is 17.3. The number of aliphatic hydroxyl groups excluding tert-OH is 4. The Morgan fingerprint density at radius 2 is 1.80 bits per heavy atom. The van der Waals surface area contributed by atoms with Gasteiger partial charge < -0.3 is 34.5 Å². The van der Waals surface area contributed by atoms with Gasteiger partial charge in [-0.1, -0.05) is 48.6 Å². The fourth-order valence-corrected chi connectivity index (χ4v) is 5.36. The summed E-state index contributed by atoms with van der Waals surface area (Å²) in [5.41, 5.74) is 5.09. The van der Waals surface area contributed by atoms with Crippen LogP contribution in [0.1, 0.15) is 22.9 Å². The molecule has 1 aliphatic carbocycles. The largest absolute Gasteiger partial charge is 0.497 e. The fourth-order valence-electron chi connectivity index (χ4n) is 5.02. The molecule has 9 heteroatoms. The van der Waals surface area contributed by atoms with Gasteiger partial charge in [-0.05, 0) is 28.8 Å². The summed E-state index contributed by atoms with van der Waals surface area (Å²) in [6.07, 6.45) is -6.44. The van der Waals surface area contributed by atoms with Crippen LogP contribution in [0.2, 0.25) is 0 Å². The zero-order valence-corrected chi connectivity index (χ0v) is 19.6. The van der Waals surface area contributed by atoms with Crippen molar-refractivity contribution >= 4 is 12.2 Å². The molecule has 2 heterocycles. The van der Waals surface area contributed by atoms with Gasteiger partial charge in [-0.25, -0.2) is 0 Å². The summed E-state index contributed by atoms with van der Waals surface area (Å²) in [5.74, 6) is 0.679. The molecule has 180 valence electrons. The number of hydrogen-bond acceptors (Lipinski definition) is 8. The Labute approximate surface area is 206 Å². The summed E-state index contributed by atoms with van der Waals surface area (Å²) in [4.78, 5) is 0. The average Bonchev–Trinajstić information content (AvgIpc) is 3.26. The van der Waals surface area contributed by atoms with E-state index < -0.39 is 37.3 Å². The van der Waals surface area contributed by atoms with E-state index in [4.69, 9.17) is 21.7 Å². The molecule has 0 amide bonds. The number of ether oxygens (including phenoxy) is 2. The second kappa shape index (κ2) is 9.17. The molecule has 2 aromatic carbocycles. The minimum atomic E-state index is -1.58. The molecule has 1 aromatic heterocycles. The van der Waals surface area contributed by atoms with Crippen LogP contribution in [0.5, 0.6) is 5.75 Å². The van der Waals surface area contributed by atoms with Crippen LogP contribution < -0.4 is 4.74 Å². The third kappa shape index (κ3) is 3.67. The van der Waals surface area contributed by atoms with Crippen molar-refractivity contribution in [3.05, 3.63) is 69.9 Å². The Bertz CT molecular complexity index is 1380. The first-order chi connectivity index (χ1) is 16.9. The SMILES string of the molecule is COc1ccc(-c2c3c(n([C@@H]4O[C@H](CO)[C@H](O)[C@H](O)[C@H]4O)c(=S)c2C#N)-c2ccccc2C3)cc1. The fraction of sp³-hybridized carbons (Fsp3) is 0.308. The topological polar surface area (TPSA) is 128 Å². The van der Waals surface area contributed by atoms with Crippen molar-refractivity contribution in [1.29, 1.82) is 5.26 Å².